The average molecular weight is 489 g/mol. The van der Waals surface area contributed by atoms with Crippen LogP contribution in [0.25, 0.3) is 5.82 Å². The summed E-state index contributed by atoms with van der Waals surface area (Å²) in [6.45, 7) is 4.59. The largest absolute Gasteiger partial charge is 0.486 e. The SMILES string of the molecule is Cl.O=C(CN1CCC(n2ncc(COc3ccc(-n4cnnn4)nc3)n2)CC1)C1CCNCC1. The van der Waals surface area contributed by atoms with E-state index in [1.807, 2.05) is 6.07 Å². The lowest BCUT2D eigenvalue weighted by Gasteiger charge is -2.32. The van der Waals surface area contributed by atoms with Crippen molar-refractivity contribution in [1.29, 1.82) is 0 Å². The van der Waals surface area contributed by atoms with Crippen LogP contribution in [0.2, 0.25) is 0 Å². The summed E-state index contributed by atoms with van der Waals surface area (Å²) in [6, 6.07) is 3.85. The number of likely N-dealkylation sites (tertiary alicyclic amines) is 1. The number of piperidine rings is 2. The lowest BCUT2D eigenvalue weighted by molar-refractivity contribution is -0.125. The van der Waals surface area contributed by atoms with Crippen LogP contribution < -0.4 is 10.1 Å². The summed E-state index contributed by atoms with van der Waals surface area (Å²) in [6.07, 6.45) is 8.68. The summed E-state index contributed by atoms with van der Waals surface area (Å²) in [7, 11) is 0. The maximum absolute atomic E-state index is 12.6. The first kappa shape index (κ1) is 24.2. The van der Waals surface area contributed by atoms with E-state index in [9.17, 15) is 4.79 Å². The molecule has 2 saturated heterocycles. The van der Waals surface area contributed by atoms with Gasteiger partial charge in [0.2, 0.25) is 0 Å². The van der Waals surface area contributed by atoms with Gasteiger partial charge in [-0.3, -0.25) is 9.69 Å². The Hall–Kier alpha value is -2.96. The number of Topliss-reactive ketones (excluding diaryl/α,β-unsaturated/α-hetero) is 1. The van der Waals surface area contributed by atoms with Crippen LogP contribution in [0, 0.1) is 5.92 Å². The molecule has 2 fully saturated rings. The molecule has 13 heteroatoms. The van der Waals surface area contributed by atoms with Crippen molar-refractivity contribution in [2.24, 2.45) is 5.92 Å². The number of ether oxygens (including phenoxy) is 1. The van der Waals surface area contributed by atoms with Crippen LogP contribution in [-0.4, -0.2) is 83.6 Å². The van der Waals surface area contributed by atoms with Crippen molar-refractivity contribution in [3.8, 4) is 11.6 Å². The minimum absolute atomic E-state index is 0. The van der Waals surface area contributed by atoms with E-state index in [2.05, 4.69) is 40.9 Å². The molecule has 3 aromatic rings. The van der Waals surface area contributed by atoms with Gasteiger partial charge in [0.1, 0.15) is 30.2 Å². The molecule has 2 aliphatic rings. The Morgan fingerprint density at radius 2 is 1.94 bits per heavy atom. The molecule has 0 saturated carbocycles. The first-order chi connectivity index (χ1) is 16.2. The topological polar surface area (TPSA) is 129 Å². The summed E-state index contributed by atoms with van der Waals surface area (Å²) in [4.78, 5) is 20.9. The van der Waals surface area contributed by atoms with Gasteiger partial charge in [-0.2, -0.15) is 19.7 Å². The van der Waals surface area contributed by atoms with Gasteiger partial charge >= 0.3 is 0 Å². The Bertz CT molecular complexity index is 1030. The maximum atomic E-state index is 12.6. The zero-order chi connectivity index (χ0) is 22.5. The van der Waals surface area contributed by atoms with Gasteiger partial charge in [-0.15, -0.1) is 17.5 Å². The van der Waals surface area contributed by atoms with Crippen molar-refractivity contribution >= 4 is 18.2 Å². The highest BCUT2D eigenvalue weighted by Gasteiger charge is 2.27. The Morgan fingerprint density at radius 1 is 1.12 bits per heavy atom. The van der Waals surface area contributed by atoms with Gasteiger partial charge in [0.25, 0.3) is 0 Å². The van der Waals surface area contributed by atoms with Gasteiger partial charge in [0.05, 0.1) is 25.0 Å². The first-order valence-electron chi connectivity index (χ1n) is 11.4. The minimum Gasteiger partial charge on any atom is -0.486 e. The molecule has 1 N–H and O–H groups in total. The van der Waals surface area contributed by atoms with Crippen molar-refractivity contribution in [3.05, 3.63) is 36.5 Å². The third-order valence-corrected chi connectivity index (χ3v) is 6.30. The van der Waals surface area contributed by atoms with E-state index in [-0.39, 0.29) is 24.4 Å². The van der Waals surface area contributed by atoms with E-state index in [1.165, 1.54) is 11.0 Å². The molecular formula is C21H29ClN10O2. The molecule has 3 aromatic heterocycles. The number of hydrogen-bond donors (Lipinski definition) is 1. The third kappa shape index (κ3) is 5.93. The van der Waals surface area contributed by atoms with Gasteiger partial charge in [0.15, 0.2) is 5.82 Å². The molecule has 0 atom stereocenters. The molecule has 34 heavy (non-hydrogen) atoms. The van der Waals surface area contributed by atoms with Crippen LogP contribution in [0.3, 0.4) is 0 Å². The summed E-state index contributed by atoms with van der Waals surface area (Å²) < 4.78 is 7.27. The monoisotopic (exact) mass is 488 g/mol. The lowest BCUT2D eigenvalue weighted by atomic mass is 9.93. The normalized spacial score (nSPS) is 17.9. The maximum Gasteiger partial charge on any atom is 0.157 e. The number of rotatable bonds is 8. The van der Waals surface area contributed by atoms with Gasteiger partial charge in [-0.25, -0.2) is 4.98 Å². The Morgan fingerprint density at radius 3 is 2.65 bits per heavy atom. The zero-order valence-electron chi connectivity index (χ0n) is 18.9. The molecular weight excluding hydrogens is 460 g/mol. The molecule has 5 heterocycles. The summed E-state index contributed by atoms with van der Waals surface area (Å²) >= 11 is 0. The fraction of sp³-hybridized carbons (Fsp3) is 0.571. The van der Waals surface area contributed by atoms with Crippen molar-refractivity contribution in [2.45, 2.75) is 38.3 Å². The van der Waals surface area contributed by atoms with E-state index < -0.39 is 0 Å². The highest BCUT2D eigenvalue weighted by molar-refractivity contribution is 5.85. The highest BCUT2D eigenvalue weighted by atomic mass is 35.5. The molecule has 0 aromatic carbocycles. The van der Waals surface area contributed by atoms with E-state index in [4.69, 9.17) is 4.74 Å². The first-order valence-corrected chi connectivity index (χ1v) is 11.4. The van der Waals surface area contributed by atoms with E-state index in [1.54, 1.807) is 23.3 Å². The number of nitrogens with one attached hydrogen (secondary N) is 1. The molecule has 5 rings (SSSR count). The van der Waals surface area contributed by atoms with E-state index in [0.29, 0.717) is 30.5 Å². The predicted octanol–water partition coefficient (Wildman–Crippen LogP) is 0.855. The average Bonchev–Trinajstić information content (AvgIpc) is 3.57. The number of tetrazole rings is 1. The third-order valence-electron chi connectivity index (χ3n) is 6.30. The van der Waals surface area contributed by atoms with Crippen molar-refractivity contribution in [1.82, 2.24) is 50.4 Å². The minimum atomic E-state index is 0. The van der Waals surface area contributed by atoms with E-state index in [0.717, 1.165) is 57.6 Å². The van der Waals surface area contributed by atoms with Crippen molar-refractivity contribution < 1.29 is 9.53 Å². The fourth-order valence-corrected chi connectivity index (χ4v) is 4.37. The van der Waals surface area contributed by atoms with Crippen molar-refractivity contribution in [3.63, 3.8) is 0 Å². The zero-order valence-corrected chi connectivity index (χ0v) is 19.7. The molecule has 0 radical (unpaired) electrons. The molecule has 0 spiro atoms. The fourth-order valence-electron chi connectivity index (χ4n) is 4.37. The second kappa shape index (κ2) is 11.4. The van der Waals surface area contributed by atoms with Crippen LogP contribution >= 0.6 is 12.4 Å². The Balaban J connectivity index is 0.00000274. The van der Waals surface area contributed by atoms with Gasteiger partial charge in [-0.05, 0) is 61.3 Å². The number of carbonyl (C=O) groups excluding carboxylic acids is 1. The van der Waals surface area contributed by atoms with Crippen LogP contribution in [0.5, 0.6) is 5.75 Å². The molecule has 2 aliphatic heterocycles. The summed E-state index contributed by atoms with van der Waals surface area (Å²) in [5.74, 6) is 1.87. The highest BCUT2D eigenvalue weighted by Crippen LogP contribution is 2.22. The van der Waals surface area contributed by atoms with Crippen LogP contribution in [0.4, 0.5) is 0 Å². The molecule has 0 amide bonds. The molecule has 0 unspecified atom stereocenters. The number of nitrogens with zero attached hydrogens (tertiary/aromatic N) is 9. The number of carbonyl (C=O) groups is 1. The number of hydrogen-bond acceptors (Lipinski definition) is 10. The van der Waals surface area contributed by atoms with Crippen LogP contribution in [0.15, 0.2) is 30.9 Å². The summed E-state index contributed by atoms with van der Waals surface area (Å²) in [5, 5.41) is 23.4. The number of pyridine rings is 1. The molecule has 12 nitrogen and oxygen atoms in total. The summed E-state index contributed by atoms with van der Waals surface area (Å²) in [5.41, 5.74) is 0.767. The number of ketones is 1. The van der Waals surface area contributed by atoms with Gasteiger partial charge in [0, 0.05) is 19.0 Å². The predicted molar refractivity (Wildman–Crippen MR) is 124 cm³/mol. The Labute approximate surface area is 203 Å². The number of aromatic nitrogens is 8. The van der Waals surface area contributed by atoms with Crippen LogP contribution in [0.1, 0.15) is 37.4 Å². The molecule has 0 aliphatic carbocycles. The second-order valence-electron chi connectivity index (χ2n) is 8.55. The number of halogens is 1. The smallest absolute Gasteiger partial charge is 0.157 e. The van der Waals surface area contributed by atoms with E-state index >= 15 is 0 Å². The Kier molecular flexibility index (Phi) is 8.14. The van der Waals surface area contributed by atoms with Crippen LogP contribution in [-0.2, 0) is 11.4 Å². The standard InChI is InChI=1S/C21H28N10O2.ClH/c32-20(16-3-7-22-8-4-16)13-29-9-5-18(6-10-29)31-25-11-17(26-31)14-33-19-1-2-21(23-12-19)30-15-24-27-28-30;/h1-2,11-12,15-16,18,22H,3-10,13-14H2;1H. The lowest BCUT2D eigenvalue weighted by Crippen LogP contribution is -2.42. The second-order valence-corrected chi connectivity index (χ2v) is 8.55. The quantitative estimate of drug-likeness (QED) is 0.487. The molecule has 182 valence electrons. The van der Waals surface area contributed by atoms with Gasteiger partial charge in [-0.1, -0.05) is 0 Å². The molecule has 0 bridgehead atoms. The van der Waals surface area contributed by atoms with Gasteiger partial charge < -0.3 is 10.1 Å². The van der Waals surface area contributed by atoms with Crippen molar-refractivity contribution in [2.75, 3.05) is 32.7 Å².